The number of aromatic nitrogens is 1. The summed E-state index contributed by atoms with van der Waals surface area (Å²) in [5.74, 6) is 0.934. The maximum Gasteiger partial charge on any atom is 0.292 e. The van der Waals surface area contributed by atoms with Crippen LogP contribution in [0.5, 0.6) is 11.5 Å². The lowest BCUT2D eigenvalue weighted by Gasteiger charge is -2.23. The third kappa shape index (κ3) is 3.12. The molecule has 0 unspecified atom stereocenters. The van der Waals surface area contributed by atoms with Crippen LogP contribution in [0.4, 0.5) is 0 Å². The van der Waals surface area contributed by atoms with Gasteiger partial charge in [-0.15, -0.1) is 0 Å². The first-order valence-corrected chi connectivity index (χ1v) is 9.54. The Morgan fingerprint density at radius 3 is 2.88 bits per heavy atom. The van der Waals surface area contributed by atoms with Gasteiger partial charge in [-0.3, -0.25) is 4.79 Å². The molecule has 1 atom stereocenters. The third-order valence-corrected chi connectivity index (χ3v) is 5.32. The number of para-hydroxylation sites is 2. The van der Waals surface area contributed by atoms with Crippen molar-refractivity contribution in [3.63, 3.8) is 0 Å². The van der Waals surface area contributed by atoms with Gasteiger partial charge in [0.25, 0.3) is 5.91 Å². The van der Waals surface area contributed by atoms with E-state index in [4.69, 9.17) is 9.47 Å². The van der Waals surface area contributed by atoms with Gasteiger partial charge in [-0.05, 0) is 43.2 Å². The van der Waals surface area contributed by atoms with Gasteiger partial charge in [0, 0.05) is 6.54 Å². The Morgan fingerprint density at radius 2 is 2.08 bits per heavy atom. The summed E-state index contributed by atoms with van der Waals surface area (Å²) >= 11 is 1.54. The van der Waals surface area contributed by atoms with Gasteiger partial charge >= 0.3 is 0 Å². The summed E-state index contributed by atoms with van der Waals surface area (Å²) in [5.41, 5.74) is 2.31. The highest BCUT2D eigenvalue weighted by Crippen LogP contribution is 2.31. The summed E-state index contributed by atoms with van der Waals surface area (Å²) in [7, 11) is 0. The highest BCUT2D eigenvalue weighted by Gasteiger charge is 2.27. The minimum Gasteiger partial charge on any atom is -0.485 e. The quantitative estimate of drug-likeness (QED) is 0.708. The van der Waals surface area contributed by atoms with E-state index in [1.54, 1.807) is 6.07 Å². The molecule has 5 nitrogen and oxygen atoms in total. The second-order valence-corrected chi connectivity index (χ2v) is 7.33. The van der Waals surface area contributed by atoms with Crippen LogP contribution in [0.25, 0.3) is 10.2 Å². The Kier molecular flexibility index (Phi) is 4.51. The van der Waals surface area contributed by atoms with Crippen LogP contribution in [0.3, 0.4) is 0 Å². The van der Waals surface area contributed by atoms with Crippen LogP contribution in [0.15, 0.2) is 47.5 Å². The van der Waals surface area contributed by atoms with Crippen LogP contribution in [-0.2, 0) is 11.3 Å². The lowest BCUT2D eigenvalue weighted by atomic mass is 10.2. The minimum atomic E-state index is -0.716. The number of thiazole rings is 1. The molecule has 6 heteroatoms. The molecule has 0 saturated heterocycles. The van der Waals surface area contributed by atoms with Crippen molar-refractivity contribution in [3.8, 4) is 11.5 Å². The number of hydrogen-bond acceptors (Lipinski definition) is 4. The van der Waals surface area contributed by atoms with Crippen molar-refractivity contribution in [3.05, 3.63) is 52.8 Å². The molecule has 2 heterocycles. The molecular weight excluding hydrogens is 348 g/mol. The van der Waals surface area contributed by atoms with Crippen molar-refractivity contribution in [2.75, 3.05) is 6.61 Å². The van der Waals surface area contributed by atoms with Crippen molar-refractivity contribution in [2.45, 2.75) is 32.9 Å². The second kappa shape index (κ2) is 6.96. The Morgan fingerprint density at radius 1 is 1.27 bits per heavy atom. The zero-order valence-corrected chi connectivity index (χ0v) is 15.6. The standard InChI is InChI=1S/C20H20N2O3S/c1-3-10-22-14-9-8-13(2)11-18(14)26-20(22)21-19(23)17-12-24-15-6-4-5-7-16(15)25-17/h4-9,11,17H,3,10,12H2,1-2H3/t17-/m1/s1. The van der Waals surface area contributed by atoms with Gasteiger partial charge < -0.3 is 14.0 Å². The maximum atomic E-state index is 12.7. The molecule has 1 aliphatic heterocycles. The lowest BCUT2D eigenvalue weighted by Crippen LogP contribution is -2.36. The van der Waals surface area contributed by atoms with E-state index in [9.17, 15) is 4.79 Å². The van der Waals surface area contributed by atoms with Crippen LogP contribution in [0, 0.1) is 6.92 Å². The first kappa shape index (κ1) is 16.8. The molecule has 0 spiro atoms. The number of benzene rings is 2. The minimum absolute atomic E-state index is 0.178. The van der Waals surface area contributed by atoms with Crippen molar-refractivity contribution >= 4 is 27.5 Å². The molecule has 1 amide bonds. The number of hydrogen-bond donors (Lipinski definition) is 0. The molecule has 0 saturated carbocycles. The summed E-state index contributed by atoms with van der Waals surface area (Å²) < 4.78 is 14.7. The molecule has 0 bridgehead atoms. The molecule has 26 heavy (non-hydrogen) atoms. The molecule has 1 aromatic heterocycles. The smallest absolute Gasteiger partial charge is 0.292 e. The van der Waals surface area contributed by atoms with Crippen LogP contribution >= 0.6 is 11.3 Å². The van der Waals surface area contributed by atoms with Crippen LogP contribution < -0.4 is 14.3 Å². The summed E-state index contributed by atoms with van der Waals surface area (Å²) in [6.45, 7) is 5.18. The fourth-order valence-electron chi connectivity index (χ4n) is 3.01. The zero-order chi connectivity index (χ0) is 18.1. The molecule has 0 radical (unpaired) electrons. The van der Waals surface area contributed by atoms with Gasteiger partial charge in [-0.2, -0.15) is 4.99 Å². The molecule has 0 aliphatic carbocycles. The number of aryl methyl sites for hydroxylation is 2. The summed E-state index contributed by atoms with van der Waals surface area (Å²) in [5, 5.41) is 0. The number of fused-ring (bicyclic) bond motifs is 2. The highest BCUT2D eigenvalue weighted by molar-refractivity contribution is 7.16. The van der Waals surface area contributed by atoms with Gasteiger partial charge in [0.15, 0.2) is 16.3 Å². The number of carbonyl (C=O) groups is 1. The Hall–Kier alpha value is -2.60. The predicted octanol–water partition coefficient (Wildman–Crippen LogP) is 3.69. The average Bonchev–Trinajstić information content (AvgIpc) is 2.98. The molecule has 0 fully saturated rings. The number of ether oxygens (including phenoxy) is 2. The van der Waals surface area contributed by atoms with Gasteiger partial charge in [0.1, 0.15) is 6.61 Å². The first-order chi connectivity index (χ1) is 12.7. The molecule has 0 N–H and O–H groups in total. The fraction of sp³-hybridized carbons (Fsp3) is 0.300. The van der Waals surface area contributed by atoms with E-state index < -0.39 is 6.10 Å². The SMILES string of the molecule is CCCn1c(=NC(=O)[C@H]2COc3ccccc3O2)sc2cc(C)ccc21. The summed E-state index contributed by atoms with van der Waals surface area (Å²) in [6.07, 6.45) is 0.254. The second-order valence-electron chi connectivity index (χ2n) is 6.32. The summed E-state index contributed by atoms with van der Waals surface area (Å²) in [4.78, 5) is 17.8. The molecule has 4 rings (SSSR count). The van der Waals surface area contributed by atoms with E-state index in [1.807, 2.05) is 18.2 Å². The van der Waals surface area contributed by atoms with Crippen molar-refractivity contribution < 1.29 is 14.3 Å². The Bertz CT molecular complexity index is 1030. The topological polar surface area (TPSA) is 52.8 Å². The van der Waals surface area contributed by atoms with Gasteiger partial charge in [0.2, 0.25) is 6.10 Å². The van der Waals surface area contributed by atoms with Gasteiger partial charge in [-0.25, -0.2) is 0 Å². The largest absolute Gasteiger partial charge is 0.485 e. The average molecular weight is 368 g/mol. The fourth-order valence-corrected chi connectivity index (χ4v) is 4.17. The monoisotopic (exact) mass is 368 g/mol. The Labute approximate surface area is 155 Å². The third-order valence-electron chi connectivity index (χ3n) is 4.28. The normalized spacial score (nSPS) is 16.8. The Balaban J connectivity index is 1.69. The van der Waals surface area contributed by atoms with Crippen molar-refractivity contribution in [2.24, 2.45) is 4.99 Å². The van der Waals surface area contributed by atoms with E-state index in [1.165, 1.54) is 16.9 Å². The zero-order valence-electron chi connectivity index (χ0n) is 14.8. The van der Waals surface area contributed by atoms with E-state index in [-0.39, 0.29) is 12.5 Å². The van der Waals surface area contributed by atoms with Crippen LogP contribution in [0.2, 0.25) is 0 Å². The van der Waals surface area contributed by atoms with E-state index in [0.29, 0.717) is 16.3 Å². The predicted molar refractivity (Wildman–Crippen MR) is 102 cm³/mol. The molecule has 1 aliphatic rings. The van der Waals surface area contributed by atoms with Crippen molar-refractivity contribution in [1.82, 2.24) is 4.57 Å². The maximum absolute atomic E-state index is 12.7. The molecular formula is C20H20N2O3S. The van der Waals surface area contributed by atoms with Gasteiger partial charge in [0.05, 0.1) is 10.2 Å². The molecule has 3 aromatic rings. The number of carbonyl (C=O) groups excluding carboxylic acids is 1. The van der Waals surface area contributed by atoms with Crippen LogP contribution in [-0.4, -0.2) is 23.2 Å². The van der Waals surface area contributed by atoms with E-state index in [2.05, 4.69) is 41.6 Å². The highest BCUT2D eigenvalue weighted by atomic mass is 32.1. The number of amides is 1. The summed E-state index contributed by atoms with van der Waals surface area (Å²) in [6, 6.07) is 13.7. The van der Waals surface area contributed by atoms with Crippen LogP contribution in [0.1, 0.15) is 18.9 Å². The molecule has 134 valence electrons. The van der Waals surface area contributed by atoms with Gasteiger partial charge in [-0.1, -0.05) is 36.5 Å². The molecule has 2 aromatic carbocycles. The number of nitrogens with zero attached hydrogens (tertiary/aromatic N) is 2. The number of rotatable bonds is 3. The van der Waals surface area contributed by atoms with Crippen molar-refractivity contribution in [1.29, 1.82) is 0 Å². The van der Waals surface area contributed by atoms with E-state index >= 15 is 0 Å². The lowest BCUT2D eigenvalue weighted by molar-refractivity contribution is -0.127. The van der Waals surface area contributed by atoms with E-state index in [0.717, 1.165) is 23.2 Å². The first-order valence-electron chi connectivity index (χ1n) is 8.73.